The van der Waals surface area contributed by atoms with Gasteiger partial charge < -0.3 is 20.4 Å². The number of carbonyl (C=O) groups is 2. The third kappa shape index (κ3) is 5.65. The maximum Gasteiger partial charge on any atom is 0.262 e. The Labute approximate surface area is 171 Å². The average molecular weight is 411 g/mol. The molecule has 1 fully saturated rings. The molecule has 1 aromatic heterocycles. The van der Waals surface area contributed by atoms with E-state index in [-0.39, 0.29) is 17.7 Å². The van der Waals surface area contributed by atoms with E-state index in [9.17, 15) is 9.59 Å². The molecule has 2 amide bonds. The number of piperidine rings is 1. The summed E-state index contributed by atoms with van der Waals surface area (Å²) < 4.78 is 0. The summed E-state index contributed by atoms with van der Waals surface area (Å²) in [5.41, 5.74) is 0. The van der Waals surface area contributed by atoms with Crippen LogP contribution in [0, 0.1) is 5.92 Å². The molecule has 0 spiro atoms. The van der Waals surface area contributed by atoms with Gasteiger partial charge in [-0.1, -0.05) is 6.07 Å². The molecular weight excluding hydrogens is 380 g/mol. The van der Waals surface area contributed by atoms with Crippen LogP contribution in [0.25, 0.3) is 0 Å². The zero-order valence-corrected chi connectivity index (χ0v) is 18.0. The summed E-state index contributed by atoms with van der Waals surface area (Å²) in [5.74, 6) is -0.0404. The van der Waals surface area contributed by atoms with Crippen LogP contribution in [0.3, 0.4) is 0 Å². The highest BCUT2D eigenvalue weighted by molar-refractivity contribution is 7.80. The molecule has 2 rings (SSSR count). The third-order valence-corrected chi connectivity index (χ3v) is 6.27. The molecule has 150 valence electrons. The first-order valence-electron chi connectivity index (χ1n) is 9.67. The smallest absolute Gasteiger partial charge is 0.262 e. The second-order valence-electron chi connectivity index (χ2n) is 6.60. The summed E-state index contributed by atoms with van der Waals surface area (Å²) in [4.78, 5) is 30.3. The molecule has 0 radical (unpaired) electrons. The number of thiocarbonyl (C=S) groups is 1. The first-order chi connectivity index (χ1) is 13.0. The largest absolute Gasteiger partial charge is 0.363 e. The summed E-state index contributed by atoms with van der Waals surface area (Å²) in [6, 6.07) is 3.14. The van der Waals surface area contributed by atoms with Crippen LogP contribution >= 0.6 is 23.6 Å². The molecule has 2 N–H and O–H groups in total. The van der Waals surface area contributed by atoms with Crippen LogP contribution in [0.2, 0.25) is 0 Å². The van der Waals surface area contributed by atoms with Crippen molar-refractivity contribution in [2.75, 3.05) is 32.7 Å². The van der Waals surface area contributed by atoms with Gasteiger partial charge in [0.05, 0.1) is 4.88 Å². The van der Waals surface area contributed by atoms with Crippen LogP contribution in [0.4, 0.5) is 0 Å². The van der Waals surface area contributed by atoms with E-state index in [1.807, 2.05) is 32.2 Å². The van der Waals surface area contributed by atoms with Gasteiger partial charge in [0, 0.05) is 32.7 Å². The number of hydrogen-bond donors (Lipinski definition) is 2. The van der Waals surface area contributed by atoms with E-state index in [1.165, 1.54) is 11.3 Å². The van der Waals surface area contributed by atoms with Crippen LogP contribution in [0.1, 0.15) is 43.3 Å². The fourth-order valence-corrected chi connectivity index (χ4v) is 4.39. The number of likely N-dealkylation sites (tertiary alicyclic amines) is 1. The zero-order valence-electron chi connectivity index (χ0n) is 16.4. The van der Waals surface area contributed by atoms with E-state index >= 15 is 0 Å². The fraction of sp³-hybridized carbons (Fsp3) is 0.632. The summed E-state index contributed by atoms with van der Waals surface area (Å²) in [7, 11) is 0. The molecule has 0 aromatic carbocycles. The van der Waals surface area contributed by atoms with Crippen molar-refractivity contribution in [3.63, 3.8) is 0 Å². The highest BCUT2D eigenvalue weighted by Gasteiger charge is 2.35. The number of likely N-dealkylation sites (N-methyl/N-ethyl adjacent to an activating group) is 1. The molecule has 1 aliphatic heterocycles. The number of nitrogens with one attached hydrogen (secondary N) is 2. The molecule has 1 saturated heterocycles. The van der Waals surface area contributed by atoms with Gasteiger partial charge in [-0.05, 0) is 63.2 Å². The second-order valence-corrected chi connectivity index (χ2v) is 7.93. The van der Waals surface area contributed by atoms with Gasteiger partial charge in [0.1, 0.15) is 6.04 Å². The predicted octanol–water partition coefficient (Wildman–Crippen LogP) is 2.32. The number of nitrogens with zero attached hydrogens (tertiary/aromatic N) is 2. The van der Waals surface area contributed by atoms with Gasteiger partial charge in [-0.15, -0.1) is 11.3 Å². The topological polar surface area (TPSA) is 64.7 Å². The average Bonchev–Trinajstić information content (AvgIpc) is 3.22. The van der Waals surface area contributed by atoms with Crippen molar-refractivity contribution in [2.24, 2.45) is 5.92 Å². The first-order valence-corrected chi connectivity index (χ1v) is 11.0. The number of rotatable bonds is 7. The maximum atomic E-state index is 13.1. The van der Waals surface area contributed by atoms with Gasteiger partial charge >= 0.3 is 0 Å². The summed E-state index contributed by atoms with van der Waals surface area (Å²) in [6.45, 7) is 9.65. The molecule has 0 bridgehead atoms. The lowest BCUT2D eigenvalue weighted by Gasteiger charge is -2.38. The summed E-state index contributed by atoms with van der Waals surface area (Å²) in [6.07, 6.45) is 1.65. The predicted molar refractivity (Wildman–Crippen MR) is 114 cm³/mol. The Morgan fingerprint density at radius 2 is 1.96 bits per heavy atom. The summed E-state index contributed by atoms with van der Waals surface area (Å²) in [5, 5.41) is 8.84. The zero-order chi connectivity index (χ0) is 19.8. The van der Waals surface area contributed by atoms with Gasteiger partial charge in [-0.3, -0.25) is 9.59 Å². The number of thiophene rings is 1. The monoisotopic (exact) mass is 410 g/mol. The van der Waals surface area contributed by atoms with E-state index in [1.54, 1.807) is 11.0 Å². The van der Waals surface area contributed by atoms with Crippen LogP contribution in [-0.2, 0) is 4.79 Å². The molecular formula is C19H30N4O2S2. The Hall–Kier alpha value is -1.67. The number of amides is 2. The van der Waals surface area contributed by atoms with E-state index in [0.717, 1.165) is 37.6 Å². The van der Waals surface area contributed by atoms with Crippen molar-refractivity contribution in [3.8, 4) is 0 Å². The van der Waals surface area contributed by atoms with Crippen molar-refractivity contribution in [2.45, 2.75) is 39.7 Å². The van der Waals surface area contributed by atoms with Gasteiger partial charge in [-0.25, -0.2) is 0 Å². The van der Waals surface area contributed by atoms with Crippen molar-refractivity contribution >= 4 is 40.5 Å². The third-order valence-electron chi connectivity index (χ3n) is 5.00. The maximum absolute atomic E-state index is 13.1. The SMILES string of the molecule is CCNC(=S)N1CCC(C(NC(=O)c2cccs2)C(=O)N(CC)CC)CC1. The first kappa shape index (κ1) is 21.6. The Morgan fingerprint density at radius 1 is 1.30 bits per heavy atom. The Kier molecular flexibility index (Phi) is 8.50. The minimum atomic E-state index is -0.491. The van der Waals surface area contributed by atoms with Crippen molar-refractivity contribution in [1.29, 1.82) is 0 Å². The number of hydrogen-bond acceptors (Lipinski definition) is 4. The standard InChI is InChI=1S/C19H30N4O2S2/c1-4-20-19(26)23-11-9-14(10-12-23)16(18(25)22(5-2)6-3)21-17(24)15-8-7-13-27-15/h7-8,13-14,16H,4-6,9-12H2,1-3H3,(H,20,26)(H,21,24). The number of carbonyl (C=O) groups excluding carboxylic acids is 2. The van der Waals surface area contributed by atoms with E-state index < -0.39 is 6.04 Å². The molecule has 2 heterocycles. The van der Waals surface area contributed by atoms with Crippen molar-refractivity contribution in [1.82, 2.24) is 20.4 Å². The lowest BCUT2D eigenvalue weighted by atomic mass is 9.88. The Balaban J connectivity index is 2.09. The van der Waals surface area contributed by atoms with Crippen molar-refractivity contribution in [3.05, 3.63) is 22.4 Å². The van der Waals surface area contributed by atoms with Crippen LogP contribution in [0.15, 0.2) is 17.5 Å². The second kappa shape index (κ2) is 10.6. The van der Waals surface area contributed by atoms with Gasteiger partial charge in [0.2, 0.25) is 5.91 Å². The van der Waals surface area contributed by atoms with Gasteiger partial charge in [-0.2, -0.15) is 0 Å². The molecule has 1 atom stereocenters. The molecule has 1 aromatic rings. The molecule has 0 saturated carbocycles. The molecule has 6 nitrogen and oxygen atoms in total. The van der Waals surface area contributed by atoms with Gasteiger partial charge in [0.25, 0.3) is 5.91 Å². The Bertz CT molecular complexity index is 624. The molecule has 8 heteroatoms. The fourth-order valence-electron chi connectivity index (χ4n) is 3.43. The van der Waals surface area contributed by atoms with Crippen LogP contribution in [0.5, 0.6) is 0 Å². The normalized spacial score (nSPS) is 15.9. The molecule has 1 aliphatic rings. The Morgan fingerprint density at radius 3 is 2.48 bits per heavy atom. The molecule has 27 heavy (non-hydrogen) atoms. The van der Waals surface area contributed by atoms with E-state index in [2.05, 4.69) is 15.5 Å². The minimum absolute atomic E-state index is 0.0117. The van der Waals surface area contributed by atoms with E-state index in [0.29, 0.717) is 18.0 Å². The van der Waals surface area contributed by atoms with Gasteiger partial charge in [0.15, 0.2) is 5.11 Å². The minimum Gasteiger partial charge on any atom is -0.363 e. The van der Waals surface area contributed by atoms with Crippen LogP contribution in [-0.4, -0.2) is 65.5 Å². The highest BCUT2D eigenvalue weighted by Crippen LogP contribution is 2.23. The molecule has 1 unspecified atom stereocenters. The summed E-state index contributed by atoms with van der Waals surface area (Å²) >= 11 is 6.79. The highest BCUT2D eigenvalue weighted by atomic mass is 32.1. The van der Waals surface area contributed by atoms with E-state index in [4.69, 9.17) is 12.2 Å². The van der Waals surface area contributed by atoms with Crippen molar-refractivity contribution < 1.29 is 9.59 Å². The lowest BCUT2D eigenvalue weighted by molar-refractivity contribution is -0.134. The quantitative estimate of drug-likeness (QED) is 0.676. The van der Waals surface area contributed by atoms with Crippen LogP contribution < -0.4 is 10.6 Å². The molecule has 0 aliphatic carbocycles. The lowest BCUT2D eigenvalue weighted by Crippen LogP contribution is -2.55.